The Labute approximate surface area is 119 Å². The SMILES string of the molecule is Cc1c(Cl)cccc1S(=O)(=O)N1CCC(CN)CC1. The zero-order chi connectivity index (χ0) is 14.0. The molecule has 1 aliphatic heterocycles. The Morgan fingerprint density at radius 2 is 2.00 bits per heavy atom. The summed E-state index contributed by atoms with van der Waals surface area (Å²) < 4.78 is 26.7. The molecule has 1 heterocycles. The molecule has 1 fully saturated rings. The van der Waals surface area contributed by atoms with Gasteiger partial charge < -0.3 is 5.73 Å². The van der Waals surface area contributed by atoms with E-state index in [4.69, 9.17) is 17.3 Å². The van der Waals surface area contributed by atoms with Crippen molar-refractivity contribution in [1.29, 1.82) is 0 Å². The third-order valence-corrected chi connectivity index (χ3v) is 6.20. The van der Waals surface area contributed by atoms with Crippen molar-refractivity contribution < 1.29 is 8.42 Å². The van der Waals surface area contributed by atoms with Crippen LogP contribution in [0.3, 0.4) is 0 Å². The second-order valence-corrected chi connectivity index (χ2v) is 7.26. The molecule has 2 rings (SSSR count). The number of nitrogens with two attached hydrogens (primary N) is 1. The van der Waals surface area contributed by atoms with Crippen molar-refractivity contribution in [3.05, 3.63) is 28.8 Å². The fraction of sp³-hybridized carbons (Fsp3) is 0.538. The fourth-order valence-electron chi connectivity index (χ4n) is 2.39. The second kappa shape index (κ2) is 5.79. The van der Waals surface area contributed by atoms with Crippen molar-refractivity contribution in [3.8, 4) is 0 Å². The van der Waals surface area contributed by atoms with Crippen LogP contribution in [-0.4, -0.2) is 32.4 Å². The van der Waals surface area contributed by atoms with Gasteiger partial charge in [0.1, 0.15) is 0 Å². The van der Waals surface area contributed by atoms with Gasteiger partial charge in [0.25, 0.3) is 0 Å². The molecule has 1 aromatic carbocycles. The first-order valence-corrected chi connectivity index (χ1v) is 8.24. The third kappa shape index (κ3) is 2.94. The molecule has 1 aromatic rings. The van der Waals surface area contributed by atoms with Gasteiger partial charge in [0, 0.05) is 18.1 Å². The lowest BCUT2D eigenvalue weighted by Gasteiger charge is -2.31. The van der Waals surface area contributed by atoms with E-state index in [-0.39, 0.29) is 0 Å². The standard InChI is InChI=1S/C13H19ClN2O2S/c1-10-12(14)3-2-4-13(10)19(17,18)16-7-5-11(9-15)6-8-16/h2-4,11H,5-9,15H2,1H3. The number of piperidine rings is 1. The van der Waals surface area contributed by atoms with Gasteiger partial charge in [-0.05, 0) is 49.9 Å². The second-order valence-electron chi connectivity index (χ2n) is 4.95. The molecule has 0 aromatic heterocycles. The average molecular weight is 303 g/mol. The van der Waals surface area contributed by atoms with E-state index in [1.165, 1.54) is 4.31 Å². The number of rotatable bonds is 3. The molecular formula is C13H19ClN2O2S. The van der Waals surface area contributed by atoms with E-state index in [0.717, 1.165) is 12.8 Å². The number of sulfonamides is 1. The van der Waals surface area contributed by atoms with E-state index < -0.39 is 10.0 Å². The van der Waals surface area contributed by atoms with Crippen LogP contribution in [0.1, 0.15) is 18.4 Å². The first-order chi connectivity index (χ1) is 8.96. The zero-order valence-corrected chi connectivity index (χ0v) is 12.5. The molecule has 19 heavy (non-hydrogen) atoms. The Morgan fingerprint density at radius 3 is 2.58 bits per heavy atom. The smallest absolute Gasteiger partial charge is 0.243 e. The molecule has 0 radical (unpaired) electrons. The molecule has 0 bridgehead atoms. The van der Waals surface area contributed by atoms with Crippen molar-refractivity contribution in [2.75, 3.05) is 19.6 Å². The van der Waals surface area contributed by atoms with Gasteiger partial charge in [-0.3, -0.25) is 0 Å². The Morgan fingerprint density at radius 1 is 1.37 bits per heavy atom. The van der Waals surface area contributed by atoms with Gasteiger partial charge in [0.15, 0.2) is 0 Å². The predicted molar refractivity (Wildman–Crippen MR) is 76.7 cm³/mol. The number of nitrogens with zero attached hydrogens (tertiary/aromatic N) is 1. The minimum absolute atomic E-state index is 0.311. The number of halogens is 1. The Kier molecular flexibility index (Phi) is 4.50. The van der Waals surface area contributed by atoms with Gasteiger partial charge in [-0.25, -0.2) is 8.42 Å². The predicted octanol–water partition coefficient (Wildman–Crippen LogP) is 2.01. The van der Waals surface area contributed by atoms with Gasteiger partial charge in [-0.2, -0.15) is 4.31 Å². The van der Waals surface area contributed by atoms with Gasteiger partial charge in [0.2, 0.25) is 10.0 Å². The van der Waals surface area contributed by atoms with Crippen LogP contribution in [0.4, 0.5) is 0 Å². The van der Waals surface area contributed by atoms with Gasteiger partial charge in [-0.15, -0.1) is 0 Å². The summed E-state index contributed by atoms with van der Waals surface area (Å²) in [5, 5.41) is 0.484. The van der Waals surface area contributed by atoms with E-state index in [0.29, 0.717) is 41.0 Å². The maximum atomic E-state index is 12.6. The quantitative estimate of drug-likeness (QED) is 0.929. The normalized spacial score (nSPS) is 18.7. The summed E-state index contributed by atoms with van der Waals surface area (Å²) in [7, 11) is -3.44. The molecule has 1 saturated heterocycles. The first-order valence-electron chi connectivity index (χ1n) is 6.42. The Bertz CT molecular complexity index is 552. The van der Waals surface area contributed by atoms with Crippen LogP contribution in [0.15, 0.2) is 23.1 Å². The van der Waals surface area contributed by atoms with Crippen molar-refractivity contribution >= 4 is 21.6 Å². The molecule has 6 heteroatoms. The van der Waals surface area contributed by atoms with Crippen LogP contribution in [0.5, 0.6) is 0 Å². The fourth-order valence-corrected chi connectivity index (χ4v) is 4.34. The van der Waals surface area contributed by atoms with E-state index in [1.807, 2.05) is 0 Å². The molecule has 4 nitrogen and oxygen atoms in total. The molecule has 106 valence electrons. The summed E-state index contributed by atoms with van der Waals surface area (Å²) in [5.74, 6) is 0.437. The van der Waals surface area contributed by atoms with Crippen LogP contribution in [0, 0.1) is 12.8 Å². The highest BCUT2D eigenvalue weighted by molar-refractivity contribution is 7.89. The summed E-state index contributed by atoms with van der Waals surface area (Å²) in [5.41, 5.74) is 6.24. The lowest BCUT2D eigenvalue weighted by molar-refractivity contribution is 0.278. The summed E-state index contributed by atoms with van der Waals surface area (Å²) >= 11 is 6.00. The number of benzene rings is 1. The largest absolute Gasteiger partial charge is 0.330 e. The van der Waals surface area contributed by atoms with Crippen molar-refractivity contribution in [2.45, 2.75) is 24.7 Å². The van der Waals surface area contributed by atoms with Crippen LogP contribution in [0.2, 0.25) is 5.02 Å². The van der Waals surface area contributed by atoms with Crippen LogP contribution in [-0.2, 0) is 10.0 Å². The van der Waals surface area contributed by atoms with Crippen LogP contribution >= 0.6 is 11.6 Å². The highest BCUT2D eigenvalue weighted by atomic mass is 35.5. The van der Waals surface area contributed by atoms with E-state index in [1.54, 1.807) is 25.1 Å². The maximum Gasteiger partial charge on any atom is 0.243 e. The average Bonchev–Trinajstić information content (AvgIpc) is 2.41. The number of hydrogen-bond acceptors (Lipinski definition) is 3. The topological polar surface area (TPSA) is 63.4 Å². The molecular weight excluding hydrogens is 284 g/mol. The van der Waals surface area contributed by atoms with Gasteiger partial charge in [-0.1, -0.05) is 17.7 Å². The highest BCUT2D eigenvalue weighted by Crippen LogP contribution is 2.28. The van der Waals surface area contributed by atoms with E-state index in [2.05, 4.69) is 0 Å². The Hall–Kier alpha value is -0.620. The molecule has 0 saturated carbocycles. The minimum Gasteiger partial charge on any atom is -0.330 e. The lowest BCUT2D eigenvalue weighted by atomic mass is 9.99. The number of hydrogen-bond donors (Lipinski definition) is 1. The third-order valence-electron chi connectivity index (χ3n) is 3.74. The van der Waals surface area contributed by atoms with E-state index >= 15 is 0 Å². The van der Waals surface area contributed by atoms with Crippen LogP contribution in [0.25, 0.3) is 0 Å². The molecule has 0 amide bonds. The summed E-state index contributed by atoms with van der Waals surface area (Å²) in [6.07, 6.45) is 1.66. The molecule has 2 N–H and O–H groups in total. The van der Waals surface area contributed by atoms with Crippen LogP contribution < -0.4 is 5.73 Å². The first kappa shape index (κ1) is 14.8. The monoisotopic (exact) mass is 302 g/mol. The summed E-state index contributed by atoms with van der Waals surface area (Å²) in [6.45, 7) is 3.44. The van der Waals surface area contributed by atoms with Crippen molar-refractivity contribution in [3.63, 3.8) is 0 Å². The lowest BCUT2D eigenvalue weighted by Crippen LogP contribution is -2.40. The van der Waals surface area contributed by atoms with E-state index in [9.17, 15) is 8.42 Å². The van der Waals surface area contributed by atoms with Crippen molar-refractivity contribution in [1.82, 2.24) is 4.31 Å². The summed E-state index contributed by atoms with van der Waals surface area (Å²) in [4.78, 5) is 0.311. The molecule has 0 unspecified atom stereocenters. The van der Waals surface area contributed by atoms with Crippen molar-refractivity contribution in [2.24, 2.45) is 11.7 Å². The minimum atomic E-state index is -3.44. The highest BCUT2D eigenvalue weighted by Gasteiger charge is 2.30. The zero-order valence-electron chi connectivity index (χ0n) is 11.0. The molecule has 1 aliphatic rings. The Balaban J connectivity index is 2.26. The molecule has 0 aliphatic carbocycles. The van der Waals surface area contributed by atoms with Gasteiger partial charge in [0.05, 0.1) is 4.90 Å². The maximum absolute atomic E-state index is 12.6. The van der Waals surface area contributed by atoms with Gasteiger partial charge >= 0.3 is 0 Å². The molecule has 0 atom stereocenters. The molecule has 0 spiro atoms. The summed E-state index contributed by atoms with van der Waals surface area (Å²) in [6, 6.07) is 5.00.